The predicted molar refractivity (Wildman–Crippen MR) is 104 cm³/mol. The second-order valence-corrected chi connectivity index (χ2v) is 7.32. The summed E-state index contributed by atoms with van der Waals surface area (Å²) in [5.41, 5.74) is -0.300. The molecule has 0 aliphatic heterocycles. The monoisotopic (exact) mass is 402 g/mol. The molecule has 0 radical (unpaired) electrons. The lowest BCUT2D eigenvalue weighted by molar-refractivity contribution is -0.137. The molecule has 0 unspecified atom stereocenters. The Balaban J connectivity index is 1.76. The van der Waals surface area contributed by atoms with Crippen molar-refractivity contribution in [3.05, 3.63) is 75.4 Å². The number of thiophene rings is 1. The molecule has 2 aromatic carbocycles. The summed E-state index contributed by atoms with van der Waals surface area (Å²) in [5, 5.41) is 3.72. The number of anilines is 1. The van der Waals surface area contributed by atoms with E-state index in [0.717, 1.165) is 34.4 Å². The average Bonchev–Trinajstić information content (AvgIpc) is 3.12. The molecule has 0 atom stereocenters. The Kier molecular flexibility index (Phi) is 4.23. The van der Waals surface area contributed by atoms with Gasteiger partial charge in [0.15, 0.2) is 0 Å². The van der Waals surface area contributed by atoms with Crippen LogP contribution in [0, 0.1) is 0 Å². The zero-order valence-corrected chi connectivity index (χ0v) is 15.3. The van der Waals surface area contributed by atoms with Crippen LogP contribution in [0.2, 0.25) is 0 Å². The number of fused-ring (bicyclic) bond motifs is 3. The van der Waals surface area contributed by atoms with E-state index < -0.39 is 17.6 Å². The summed E-state index contributed by atoms with van der Waals surface area (Å²) in [6, 6.07) is 13.3. The minimum Gasteiger partial charge on any atom is -0.321 e. The fourth-order valence-electron chi connectivity index (χ4n) is 3.08. The highest BCUT2D eigenvalue weighted by atomic mass is 32.1. The molecule has 4 nitrogen and oxygen atoms in total. The summed E-state index contributed by atoms with van der Waals surface area (Å²) < 4.78 is 40.7. The third-order valence-electron chi connectivity index (χ3n) is 4.45. The van der Waals surface area contributed by atoms with Gasteiger partial charge in [0.25, 0.3) is 11.5 Å². The van der Waals surface area contributed by atoms with Gasteiger partial charge in [0.2, 0.25) is 0 Å². The van der Waals surface area contributed by atoms with Crippen LogP contribution < -0.4 is 10.9 Å². The third-order valence-corrected chi connectivity index (χ3v) is 5.62. The maximum absolute atomic E-state index is 12.9. The van der Waals surface area contributed by atoms with Crippen molar-refractivity contribution in [2.24, 2.45) is 7.05 Å². The Morgan fingerprint density at radius 2 is 1.79 bits per heavy atom. The van der Waals surface area contributed by atoms with Gasteiger partial charge in [-0.15, -0.1) is 11.3 Å². The smallest absolute Gasteiger partial charge is 0.321 e. The zero-order valence-electron chi connectivity index (χ0n) is 14.5. The van der Waals surface area contributed by atoms with E-state index in [2.05, 4.69) is 5.32 Å². The van der Waals surface area contributed by atoms with Gasteiger partial charge in [0.05, 0.1) is 21.3 Å². The van der Waals surface area contributed by atoms with Crippen molar-refractivity contribution in [1.82, 2.24) is 4.57 Å². The van der Waals surface area contributed by atoms with E-state index in [0.29, 0.717) is 10.1 Å². The molecule has 0 aliphatic rings. The molecular weight excluding hydrogens is 389 g/mol. The lowest BCUT2D eigenvalue weighted by atomic mass is 10.1. The number of carbonyl (C=O) groups is 1. The number of benzene rings is 2. The van der Waals surface area contributed by atoms with Gasteiger partial charge in [-0.2, -0.15) is 13.2 Å². The van der Waals surface area contributed by atoms with Crippen LogP contribution in [0.5, 0.6) is 0 Å². The average molecular weight is 402 g/mol. The van der Waals surface area contributed by atoms with Crippen molar-refractivity contribution < 1.29 is 18.0 Å². The topological polar surface area (TPSA) is 51.1 Å². The Morgan fingerprint density at radius 3 is 2.54 bits per heavy atom. The van der Waals surface area contributed by atoms with Crippen LogP contribution in [0.1, 0.15) is 15.2 Å². The first-order chi connectivity index (χ1) is 13.3. The van der Waals surface area contributed by atoms with Crippen molar-refractivity contribution in [2.45, 2.75) is 6.18 Å². The van der Waals surface area contributed by atoms with Gasteiger partial charge in [-0.3, -0.25) is 9.59 Å². The number of nitrogens with one attached hydrogen (secondary N) is 1. The molecule has 0 saturated heterocycles. The molecule has 8 heteroatoms. The van der Waals surface area contributed by atoms with Gasteiger partial charge in [0.1, 0.15) is 0 Å². The van der Waals surface area contributed by atoms with Gasteiger partial charge in [-0.1, -0.05) is 24.3 Å². The molecule has 2 aromatic heterocycles. The zero-order chi connectivity index (χ0) is 20.1. The number of pyridine rings is 1. The van der Waals surface area contributed by atoms with E-state index in [1.54, 1.807) is 7.05 Å². The number of rotatable bonds is 2. The second kappa shape index (κ2) is 6.49. The first-order valence-electron chi connectivity index (χ1n) is 8.25. The maximum atomic E-state index is 12.9. The number of para-hydroxylation sites is 1. The minimum atomic E-state index is -4.50. The standard InChI is InChI=1S/C20H13F3N2O2S/c1-25-15-8-3-2-7-13(15)17-14(19(25)27)10-16(28-17)18(26)24-12-6-4-5-11(9-12)20(21,22)23/h2-10H,1H3,(H,24,26). The largest absolute Gasteiger partial charge is 0.416 e. The molecule has 2 heterocycles. The third kappa shape index (κ3) is 3.05. The molecular formula is C20H13F3N2O2S. The minimum absolute atomic E-state index is 0.0371. The van der Waals surface area contributed by atoms with Crippen LogP contribution in [-0.2, 0) is 13.2 Å². The summed E-state index contributed by atoms with van der Waals surface area (Å²) in [6.45, 7) is 0. The Morgan fingerprint density at radius 1 is 1.04 bits per heavy atom. The molecule has 142 valence electrons. The van der Waals surface area contributed by atoms with Gasteiger partial charge in [-0.25, -0.2) is 0 Å². The second-order valence-electron chi connectivity index (χ2n) is 6.27. The molecule has 0 aliphatic carbocycles. The molecule has 0 fully saturated rings. The normalized spacial score (nSPS) is 11.9. The molecule has 4 aromatic rings. The number of halogens is 3. The summed E-state index contributed by atoms with van der Waals surface area (Å²) in [6.07, 6.45) is -4.50. The Bertz CT molecular complexity index is 1290. The van der Waals surface area contributed by atoms with Crippen molar-refractivity contribution in [3.63, 3.8) is 0 Å². The fraction of sp³-hybridized carbons (Fsp3) is 0.100. The van der Waals surface area contributed by atoms with Gasteiger partial charge in [-0.05, 0) is 30.3 Å². The first kappa shape index (κ1) is 18.2. The SMILES string of the molecule is Cn1c(=O)c2cc(C(=O)Nc3cccc(C(F)(F)F)c3)sc2c2ccccc21. The quantitative estimate of drug-likeness (QED) is 0.512. The highest BCUT2D eigenvalue weighted by molar-refractivity contribution is 7.21. The van der Waals surface area contributed by atoms with E-state index in [1.807, 2.05) is 24.3 Å². The van der Waals surface area contributed by atoms with Gasteiger partial charge in [0, 0.05) is 22.8 Å². The van der Waals surface area contributed by atoms with Crippen molar-refractivity contribution >= 4 is 43.9 Å². The van der Waals surface area contributed by atoms with Crippen molar-refractivity contribution in [3.8, 4) is 0 Å². The van der Waals surface area contributed by atoms with Crippen LogP contribution in [0.15, 0.2) is 59.4 Å². The molecule has 4 rings (SSSR count). The summed E-state index contributed by atoms with van der Waals surface area (Å²) in [4.78, 5) is 25.4. The lowest BCUT2D eigenvalue weighted by Crippen LogP contribution is -2.16. The number of amides is 1. The number of aryl methyl sites for hydroxylation is 1. The number of aromatic nitrogens is 1. The highest BCUT2D eigenvalue weighted by Gasteiger charge is 2.30. The molecule has 1 amide bonds. The van der Waals surface area contributed by atoms with E-state index >= 15 is 0 Å². The van der Waals surface area contributed by atoms with Crippen LogP contribution in [0.25, 0.3) is 21.0 Å². The van der Waals surface area contributed by atoms with E-state index in [9.17, 15) is 22.8 Å². The summed E-state index contributed by atoms with van der Waals surface area (Å²) >= 11 is 1.14. The van der Waals surface area contributed by atoms with E-state index in [-0.39, 0.29) is 16.1 Å². The Hall–Kier alpha value is -3.13. The number of alkyl halides is 3. The first-order valence-corrected chi connectivity index (χ1v) is 9.07. The van der Waals surface area contributed by atoms with E-state index in [4.69, 9.17) is 0 Å². The van der Waals surface area contributed by atoms with Crippen LogP contribution in [-0.4, -0.2) is 10.5 Å². The highest BCUT2D eigenvalue weighted by Crippen LogP contribution is 2.32. The van der Waals surface area contributed by atoms with Crippen molar-refractivity contribution in [1.29, 1.82) is 0 Å². The van der Waals surface area contributed by atoms with Crippen molar-refractivity contribution in [2.75, 3.05) is 5.32 Å². The number of hydrogen-bond acceptors (Lipinski definition) is 3. The van der Waals surface area contributed by atoms with Gasteiger partial charge >= 0.3 is 6.18 Å². The molecule has 0 saturated carbocycles. The lowest BCUT2D eigenvalue weighted by Gasteiger charge is -2.09. The summed E-state index contributed by atoms with van der Waals surface area (Å²) in [7, 11) is 1.66. The van der Waals surface area contributed by atoms with E-state index in [1.165, 1.54) is 22.8 Å². The molecule has 0 bridgehead atoms. The predicted octanol–water partition coefficient (Wildman–Crippen LogP) is 5.02. The van der Waals surface area contributed by atoms with Crippen LogP contribution in [0.3, 0.4) is 0 Å². The van der Waals surface area contributed by atoms with Crippen LogP contribution >= 0.6 is 11.3 Å². The number of hydrogen-bond donors (Lipinski definition) is 1. The number of nitrogens with zero attached hydrogens (tertiary/aromatic N) is 1. The molecule has 1 N–H and O–H groups in total. The van der Waals surface area contributed by atoms with Gasteiger partial charge < -0.3 is 9.88 Å². The molecule has 0 spiro atoms. The maximum Gasteiger partial charge on any atom is 0.416 e. The molecule has 28 heavy (non-hydrogen) atoms. The summed E-state index contributed by atoms with van der Waals surface area (Å²) in [5.74, 6) is -0.563. The fourth-order valence-corrected chi connectivity index (χ4v) is 4.16. The Labute approximate surface area is 160 Å². The number of carbonyl (C=O) groups excluding carboxylic acids is 1. The van der Waals surface area contributed by atoms with Crippen LogP contribution in [0.4, 0.5) is 18.9 Å².